The first kappa shape index (κ1) is 19.8. The molecule has 0 aliphatic carbocycles. The summed E-state index contributed by atoms with van der Waals surface area (Å²) in [5.74, 6) is 2.36. The summed E-state index contributed by atoms with van der Waals surface area (Å²) in [6.45, 7) is 5.08. The maximum atomic E-state index is 10.7. The maximum Gasteiger partial charge on any atom is 0.170 e. The van der Waals surface area contributed by atoms with Crippen LogP contribution in [0.2, 0.25) is 0 Å². The average molecular weight is 382 g/mol. The number of benzene rings is 1. The molecule has 0 bridgehead atoms. The highest BCUT2D eigenvalue weighted by Crippen LogP contribution is 2.24. The molecule has 0 atom stereocenters. The van der Waals surface area contributed by atoms with E-state index in [1.807, 2.05) is 37.3 Å². The summed E-state index contributed by atoms with van der Waals surface area (Å²) in [5, 5.41) is 11.9. The molecule has 1 saturated heterocycles. The molecule has 0 spiro atoms. The van der Waals surface area contributed by atoms with E-state index in [0.717, 1.165) is 49.5 Å². The zero-order chi connectivity index (χ0) is 19.6. The molecular weight excluding hydrogens is 356 g/mol. The lowest BCUT2D eigenvalue weighted by Crippen LogP contribution is -2.34. The second-order valence-electron chi connectivity index (χ2n) is 6.72. The van der Waals surface area contributed by atoms with E-state index in [1.54, 1.807) is 12.3 Å². The van der Waals surface area contributed by atoms with Crippen LogP contribution in [0.1, 0.15) is 42.2 Å². The Balaban J connectivity index is 1.37. The Morgan fingerprint density at radius 2 is 1.93 bits per heavy atom. The Bertz CT molecular complexity index is 754. The largest absolute Gasteiger partial charge is 0.494 e. The van der Waals surface area contributed by atoms with E-state index in [4.69, 9.17) is 9.57 Å². The van der Waals surface area contributed by atoms with Crippen LogP contribution < -0.4 is 9.64 Å². The standard InChI is InChI=1S/C21H26N4O3/c1-2-28-22-15-18-3-6-20(7-4-18)27-14-11-17-9-12-25(13-10-17)21-8-5-19(16-26)23-24-21/h3-8,15-17H,2,9-14H2,1H3/b22-15+. The van der Waals surface area contributed by atoms with E-state index in [1.165, 1.54) is 0 Å². The van der Waals surface area contributed by atoms with Crippen molar-refractivity contribution in [2.75, 3.05) is 31.2 Å². The fourth-order valence-corrected chi connectivity index (χ4v) is 3.18. The number of hydrogen-bond acceptors (Lipinski definition) is 7. The Morgan fingerprint density at radius 3 is 2.57 bits per heavy atom. The third kappa shape index (κ3) is 5.77. The van der Waals surface area contributed by atoms with Crippen molar-refractivity contribution in [2.45, 2.75) is 26.2 Å². The Kier molecular flexibility index (Phi) is 7.35. The van der Waals surface area contributed by atoms with Gasteiger partial charge in [0.05, 0.1) is 12.8 Å². The first-order valence-corrected chi connectivity index (χ1v) is 9.70. The van der Waals surface area contributed by atoms with Crippen LogP contribution in [0.3, 0.4) is 0 Å². The van der Waals surface area contributed by atoms with E-state index in [-0.39, 0.29) is 0 Å². The number of oxime groups is 1. The molecule has 2 aromatic rings. The number of rotatable bonds is 9. The van der Waals surface area contributed by atoms with Gasteiger partial charge >= 0.3 is 0 Å². The quantitative estimate of drug-likeness (QED) is 0.376. The number of piperidine rings is 1. The van der Waals surface area contributed by atoms with Gasteiger partial charge in [0, 0.05) is 13.1 Å². The summed E-state index contributed by atoms with van der Waals surface area (Å²) >= 11 is 0. The molecule has 0 saturated carbocycles. The second kappa shape index (κ2) is 10.4. The lowest BCUT2D eigenvalue weighted by Gasteiger charge is -2.32. The lowest BCUT2D eigenvalue weighted by molar-refractivity contribution is 0.111. The van der Waals surface area contributed by atoms with Crippen LogP contribution in [0.5, 0.6) is 5.75 Å². The summed E-state index contributed by atoms with van der Waals surface area (Å²) in [6.07, 6.45) is 5.65. The highest BCUT2D eigenvalue weighted by Gasteiger charge is 2.20. The minimum atomic E-state index is 0.366. The van der Waals surface area contributed by atoms with Gasteiger partial charge in [0.2, 0.25) is 0 Å². The SMILES string of the molecule is CCO/N=C/c1ccc(OCCC2CCN(c3ccc(C=O)nn3)CC2)cc1. The van der Waals surface area contributed by atoms with Crippen molar-refractivity contribution in [3.63, 3.8) is 0 Å². The molecule has 1 fully saturated rings. The molecule has 3 rings (SSSR count). The number of aromatic nitrogens is 2. The Morgan fingerprint density at radius 1 is 1.14 bits per heavy atom. The van der Waals surface area contributed by atoms with Crippen molar-refractivity contribution < 1.29 is 14.4 Å². The molecule has 28 heavy (non-hydrogen) atoms. The maximum absolute atomic E-state index is 10.7. The van der Waals surface area contributed by atoms with Crippen LogP contribution in [-0.2, 0) is 4.84 Å². The van der Waals surface area contributed by atoms with Crippen LogP contribution in [0, 0.1) is 5.92 Å². The predicted molar refractivity (Wildman–Crippen MR) is 108 cm³/mol. The molecule has 1 aliphatic heterocycles. The average Bonchev–Trinajstić information content (AvgIpc) is 2.76. The first-order valence-electron chi connectivity index (χ1n) is 9.70. The Hall–Kier alpha value is -2.96. The van der Waals surface area contributed by atoms with E-state index in [0.29, 0.717) is 31.1 Å². The third-order valence-corrected chi connectivity index (χ3v) is 4.81. The monoisotopic (exact) mass is 382 g/mol. The highest BCUT2D eigenvalue weighted by molar-refractivity contribution is 5.79. The number of carbonyl (C=O) groups is 1. The van der Waals surface area contributed by atoms with Crippen LogP contribution in [0.15, 0.2) is 41.6 Å². The normalized spacial score (nSPS) is 15.0. The number of carbonyl (C=O) groups excluding carboxylic acids is 1. The topological polar surface area (TPSA) is 76.9 Å². The molecular formula is C21H26N4O3. The van der Waals surface area contributed by atoms with Crippen LogP contribution >= 0.6 is 0 Å². The molecule has 2 heterocycles. The number of hydrogen-bond donors (Lipinski definition) is 0. The van der Waals surface area contributed by atoms with Gasteiger partial charge in [-0.25, -0.2) is 0 Å². The van der Waals surface area contributed by atoms with Gasteiger partial charge in [0.25, 0.3) is 0 Å². The minimum Gasteiger partial charge on any atom is -0.494 e. The fraction of sp³-hybridized carbons (Fsp3) is 0.429. The van der Waals surface area contributed by atoms with E-state index < -0.39 is 0 Å². The minimum absolute atomic E-state index is 0.366. The Labute approximate surface area is 165 Å². The van der Waals surface area contributed by atoms with Gasteiger partial charge in [0.15, 0.2) is 12.1 Å². The molecule has 7 nitrogen and oxygen atoms in total. The van der Waals surface area contributed by atoms with Crippen LogP contribution in [0.4, 0.5) is 5.82 Å². The van der Waals surface area contributed by atoms with Crippen LogP contribution in [-0.4, -0.2) is 49.0 Å². The van der Waals surface area contributed by atoms with Gasteiger partial charge in [-0.1, -0.05) is 5.16 Å². The van der Waals surface area contributed by atoms with Crippen molar-refractivity contribution in [3.8, 4) is 5.75 Å². The van der Waals surface area contributed by atoms with Gasteiger partial charge in [-0.05, 0) is 74.1 Å². The number of ether oxygens (including phenoxy) is 1. The summed E-state index contributed by atoms with van der Waals surface area (Å²) in [5.41, 5.74) is 1.35. The van der Waals surface area contributed by atoms with Gasteiger partial charge in [-0.15, -0.1) is 10.2 Å². The van der Waals surface area contributed by atoms with E-state index >= 15 is 0 Å². The van der Waals surface area contributed by atoms with Crippen molar-refractivity contribution >= 4 is 18.3 Å². The van der Waals surface area contributed by atoms with Crippen molar-refractivity contribution in [2.24, 2.45) is 11.1 Å². The molecule has 7 heteroatoms. The molecule has 148 valence electrons. The first-order chi connectivity index (χ1) is 13.8. The second-order valence-corrected chi connectivity index (χ2v) is 6.72. The summed E-state index contributed by atoms with van der Waals surface area (Å²) in [4.78, 5) is 17.9. The highest BCUT2D eigenvalue weighted by atomic mass is 16.6. The number of anilines is 1. The molecule has 1 aliphatic rings. The van der Waals surface area contributed by atoms with Crippen LogP contribution in [0.25, 0.3) is 0 Å². The number of nitrogens with zero attached hydrogens (tertiary/aromatic N) is 4. The fourth-order valence-electron chi connectivity index (χ4n) is 3.18. The molecule has 0 radical (unpaired) electrons. The van der Waals surface area contributed by atoms with E-state index in [2.05, 4.69) is 20.3 Å². The summed E-state index contributed by atoms with van der Waals surface area (Å²) in [7, 11) is 0. The molecule has 1 aromatic carbocycles. The molecule has 0 amide bonds. The predicted octanol–water partition coefficient (Wildman–Crippen LogP) is 3.35. The molecule has 1 aromatic heterocycles. The van der Waals surface area contributed by atoms with Crippen molar-refractivity contribution in [1.82, 2.24) is 10.2 Å². The summed E-state index contributed by atoms with van der Waals surface area (Å²) in [6, 6.07) is 11.4. The number of aldehydes is 1. The summed E-state index contributed by atoms with van der Waals surface area (Å²) < 4.78 is 5.88. The van der Waals surface area contributed by atoms with Gasteiger partial charge in [-0.2, -0.15) is 0 Å². The van der Waals surface area contributed by atoms with Gasteiger partial charge in [0.1, 0.15) is 18.1 Å². The molecule has 0 N–H and O–H groups in total. The van der Waals surface area contributed by atoms with Crippen molar-refractivity contribution in [1.29, 1.82) is 0 Å². The van der Waals surface area contributed by atoms with E-state index in [9.17, 15) is 4.79 Å². The van der Waals surface area contributed by atoms with Gasteiger partial charge in [-0.3, -0.25) is 4.79 Å². The smallest absolute Gasteiger partial charge is 0.170 e. The zero-order valence-corrected chi connectivity index (χ0v) is 16.2. The third-order valence-electron chi connectivity index (χ3n) is 4.81. The van der Waals surface area contributed by atoms with Crippen molar-refractivity contribution in [3.05, 3.63) is 47.7 Å². The molecule has 0 unspecified atom stereocenters. The zero-order valence-electron chi connectivity index (χ0n) is 16.2. The van der Waals surface area contributed by atoms with Gasteiger partial charge < -0.3 is 14.5 Å². The lowest BCUT2D eigenvalue weighted by atomic mass is 9.94.